The van der Waals surface area contributed by atoms with Gasteiger partial charge in [-0.2, -0.15) is 5.10 Å². The van der Waals surface area contributed by atoms with Crippen molar-refractivity contribution in [1.82, 2.24) is 15.2 Å². The number of nitrogens with zero attached hydrogens (tertiary/aromatic N) is 2. The van der Waals surface area contributed by atoms with Crippen LogP contribution in [-0.4, -0.2) is 15.2 Å². The van der Waals surface area contributed by atoms with Gasteiger partial charge in [0.05, 0.1) is 17.6 Å². The van der Waals surface area contributed by atoms with Crippen molar-refractivity contribution in [2.24, 2.45) is 0 Å². The van der Waals surface area contributed by atoms with Crippen LogP contribution >= 0.6 is 0 Å². The Hall–Kier alpha value is -1.58. The summed E-state index contributed by atoms with van der Waals surface area (Å²) in [7, 11) is 0. The van der Waals surface area contributed by atoms with Crippen molar-refractivity contribution < 1.29 is 0 Å². The van der Waals surface area contributed by atoms with Crippen LogP contribution in [-0.2, 0) is 6.42 Å². The Balaban J connectivity index is 2.75. The number of H-pyrrole nitrogens is 1. The van der Waals surface area contributed by atoms with Crippen LogP contribution in [0.4, 0.5) is 5.69 Å². The highest BCUT2D eigenvalue weighted by atomic mass is 15.1. The van der Waals surface area contributed by atoms with E-state index in [1.54, 1.807) is 6.20 Å². The number of pyridine rings is 1. The number of anilines is 1. The van der Waals surface area contributed by atoms with Crippen molar-refractivity contribution in [3.8, 4) is 0 Å². The standard InChI is InChI=1S/C8H10N4/c1-2-7-6-3-5(9)4-10-8(6)12-11-7/h3-4H,2,9H2,1H3,(H,10,11,12). The fourth-order valence-corrected chi connectivity index (χ4v) is 1.24. The molecule has 0 radical (unpaired) electrons. The van der Waals surface area contributed by atoms with Gasteiger partial charge in [0.25, 0.3) is 0 Å². The summed E-state index contributed by atoms with van der Waals surface area (Å²) < 4.78 is 0. The highest BCUT2D eigenvalue weighted by Gasteiger charge is 2.03. The Labute approximate surface area is 69.8 Å². The zero-order chi connectivity index (χ0) is 8.55. The van der Waals surface area contributed by atoms with Gasteiger partial charge in [-0.3, -0.25) is 5.10 Å². The largest absolute Gasteiger partial charge is 0.397 e. The van der Waals surface area contributed by atoms with E-state index in [2.05, 4.69) is 22.1 Å². The van der Waals surface area contributed by atoms with Gasteiger partial charge in [0.15, 0.2) is 5.65 Å². The monoisotopic (exact) mass is 162 g/mol. The van der Waals surface area contributed by atoms with Gasteiger partial charge >= 0.3 is 0 Å². The van der Waals surface area contributed by atoms with Crippen LogP contribution in [0.2, 0.25) is 0 Å². The van der Waals surface area contributed by atoms with E-state index < -0.39 is 0 Å². The van der Waals surface area contributed by atoms with Crippen LogP contribution in [0.15, 0.2) is 12.3 Å². The number of rotatable bonds is 1. The summed E-state index contributed by atoms with van der Waals surface area (Å²) in [5.74, 6) is 0. The van der Waals surface area contributed by atoms with Crippen molar-refractivity contribution in [2.75, 3.05) is 5.73 Å². The summed E-state index contributed by atoms with van der Waals surface area (Å²) in [5, 5.41) is 7.99. The van der Waals surface area contributed by atoms with Crippen molar-refractivity contribution >= 4 is 16.7 Å². The van der Waals surface area contributed by atoms with Crippen LogP contribution in [0.5, 0.6) is 0 Å². The summed E-state index contributed by atoms with van der Waals surface area (Å²) in [6, 6.07) is 1.89. The first-order valence-electron chi connectivity index (χ1n) is 3.89. The molecule has 0 unspecified atom stereocenters. The summed E-state index contributed by atoms with van der Waals surface area (Å²) in [6.45, 7) is 2.05. The van der Waals surface area contributed by atoms with Crippen molar-refractivity contribution in [3.63, 3.8) is 0 Å². The second kappa shape index (κ2) is 2.48. The number of nitrogens with two attached hydrogens (primary N) is 1. The minimum atomic E-state index is 0.679. The van der Waals surface area contributed by atoms with Crippen molar-refractivity contribution in [1.29, 1.82) is 0 Å². The molecule has 0 bridgehead atoms. The maximum Gasteiger partial charge on any atom is 0.155 e. The number of fused-ring (bicyclic) bond motifs is 1. The number of hydrogen-bond acceptors (Lipinski definition) is 3. The smallest absolute Gasteiger partial charge is 0.155 e. The highest BCUT2D eigenvalue weighted by Crippen LogP contribution is 2.16. The van der Waals surface area contributed by atoms with Crippen LogP contribution in [0.25, 0.3) is 11.0 Å². The summed E-state index contributed by atoms with van der Waals surface area (Å²) in [4.78, 5) is 4.11. The average molecular weight is 162 g/mol. The third-order valence-electron chi connectivity index (χ3n) is 1.85. The number of aromatic nitrogens is 3. The van der Waals surface area contributed by atoms with Gasteiger partial charge < -0.3 is 5.73 Å². The van der Waals surface area contributed by atoms with E-state index in [1.165, 1.54) is 0 Å². The molecule has 0 saturated carbocycles. The number of aromatic amines is 1. The molecule has 2 rings (SSSR count). The average Bonchev–Trinajstić information content (AvgIpc) is 2.46. The number of aryl methyl sites for hydroxylation is 1. The van der Waals surface area contributed by atoms with E-state index in [1.807, 2.05) is 6.07 Å². The molecule has 0 spiro atoms. The molecule has 3 N–H and O–H groups in total. The van der Waals surface area contributed by atoms with Gasteiger partial charge in [-0.25, -0.2) is 4.98 Å². The predicted octanol–water partition coefficient (Wildman–Crippen LogP) is 1.10. The van der Waals surface area contributed by atoms with E-state index in [0.29, 0.717) is 5.69 Å². The zero-order valence-electron chi connectivity index (χ0n) is 6.83. The van der Waals surface area contributed by atoms with Crippen LogP contribution in [0.3, 0.4) is 0 Å². The molecular weight excluding hydrogens is 152 g/mol. The quantitative estimate of drug-likeness (QED) is 0.659. The molecule has 0 atom stereocenters. The van der Waals surface area contributed by atoms with E-state index >= 15 is 0 Å². The summed E-state index contributed by atoms with van der Waals surface area (Å²) in [5.41, 5.74) is 8.11. The zero-order valence-corrected chi connectivity index (χ0v) is 6.83. The molecule has 2 aromatic heterocycles. The summed E-state index contributed by atoms with van der Waals surface area (Å²) in [6.07, 6.45) is 2.52. The lowest BCUT2D eigenvalue weighted by molar-refractivity contribution is 0.983. The second-order valence-corrected chi connectivity index (χ2v) is 2.69. The molecule has 0 fully saturated rings. The lowest BCUT2D eigenvalue weighted by Crippen LogP contribution is -1.86. The van der Waals surface area contributed by atoms with Crippen LogP contribution in [0, 0.1) is 0 Å². The minimum absolute atomic E-state index is 0.679. The molecule has 0 aliphatic rings. The SMILES string of the molecule is CCc1n[nH]c2ncc(N)cc12. The number of hydrogen-bond donors (Lipinski definition) is 2. The first-order valence-corrected chi connectivity index (χ1v) is 3.89. The van der Waals surface area contributed by atoms with E-state index in [-0.39, 0.29) is 0 Å². The maximum atomic E-state index is 5.60. The molecule has 4 nitrogen and oxygen atoms in total. The van der Waals surface area contributed by atoms with E-state index in [9.17, 15) is 0 Å². The van der Waals surface area contributed by atoms with Crippen LogP contribution in [0.1, 0.15) is 12.6 Å². The van der Waals surface area contributed by atoms with Gasteiger partial charge in [-0.1, -0.05) is 6.92 Å². The fraction of sp³-hybridized carbons (Fsp3) is 0.250. The number of nitrogen functional groups attached to an aromatic ring is 1. The molecule has 4 heteroatoms. The van der Waals surface area contributed by atoms with Gasteiger partial charge in [-0.05, 0) is 12.5 Å². The Bertz CT molecular complexity index is 404. The molecule has 62 valence electrons. The molecule has 0 aliphatic carbocycles. The molecule has 0 aliphatic heterocycles. The first kappa shape index (κ1) is 7.09. The molecule has 12 heavy (non-hydrogen) atoms. The predicted molar refractivity (Wildman–Crippen MR) is 47.7 cm³/mol. The van der Waals surface area contributed by atoms with Gasteiger partial charge in [-0.15, -0.1) is 0 Å². The normalized spacial score (nSPS) is 10.8. The fourth-order valence-electron chi connectivity index (χ4n) is 1.24. The minimum Gasteiger partial charge on any atom is -0.397 e. The highest BCUT2D eigenvalue weighted by molar-refractivity contribution is 5.80. The van der Waals surface area contributed by atoms with E-state index in [0.717, 1.165) is 23.1 Å². The molecular formula is C8H10N4. The molecule has 0 amide bonds. The Morgan fingerprint density at radius 1 is 1.58 bits per heavy atom. The number of nitrogens with one attached hydrogen (secondary N) is 1. The van der Waals surface area contributed by atoms with Gasteiger partial charge in [0.2, 0.25) is 0 Å². The lowest BCUT2D eigenvalue weighted by Gasteiger charge is -1.92. The molecule has 2 heterocycles. The Morgan fingerprint density at radius 3 is 3.17 bits per heavy atom. The van der Waals surface area contributed by atoms with Crippen molar-refractivity contribution in [2.45, 2.75) is 13.3 Å². The van der Waals surface area contributed by atoms with Crippen molar-refractivity contribution in [3.05, 3.63) is 18.0 Å². The molecule has 0 aromatic carbocycles. The van der Waals surface area contributed by atoms with Crippen LogP contribution < -0.4 is 5.73 Å². The Kier molecular flexibility index (Phi) is 1.46. The maximum absolute atomic E-state index is 5.60. The lowest BCUT2D eigenvalue weighted by atomic mass is 10.2. The summed E-state index contributed by atoms with van der Waals surface area (Å²) >= 11 is 0. The second-order valence-electron chi connectivity index (χ2n) is 2.69. The van der Waals surface area contributed by atoms with Gasteiger partial charge in [0, 0.05) is 5.39 Å². The Morgan fingerprint density at radius 2 is 2.42 bits per heavy atom. The third kappa shape index (κ3) is 0.922. The van der Waals surface area contributed by atoms with E-state index in [4.69, 9.17) is 5.73 Å². The van der Waals surface area contributed by atoms with Gasteiger partial charge in [0.1, 0.15) is 0 Å². The molecule has 2 aromatic rings. The topological polar surface area (TPSA) is 67.6 Å². The molecule has 0 saturated heterocycles. The first-order chi connectivity index (χ1) is 5.81. The third-order valence-corrected chi connectivity index (χ3v) is 1.85.